The standard InChI is InChI=1S/C13H23N3S/c1-9(2)12-15-13(17-16-12)14-8-11-6-4-5-10(3)7-11/h9-11H,4-8H2,1-3H3,(H,14,15,16). The Morgan fingerprint density at radius 2 is 2.24 bits per heavy atom. The van der Waals surface area contributed by atoms with Crippen LogP contribution in [0.1, 0.15) is 58.2 Å². The molecule has 17 heavy (non-hydrogen) atoms. The van der Waals surface area contributed by atoms with Crippen molar-refractivity contribution in [3.63, 3.8) is 0 Å². The molecule has 3 nitrogen and oxygen atoms in total. The summed E-state index contributed by atoms with van der Waals surface area (Å²) in [6.45, 7) is 7.70. The predicted molar refractivity (Wildman–Crippen MR) is 73.6 cm³/mol. The lowest BCUT2D eigenvalue weighted by molar-refractivity contribution is 0.293. The number of hydrogen-bond donors (Lipinski definition) is 1. The van der Waals surface area contributed by atoms with Gasteiger partial charge in [0, 0.05) is 24.0 Å². The van der Waals surface area contributed by atoms with Crippen molar-refractivity contribution < 1.29 is 0 Å². The highest BCUT2D eigenvalue weighted by molar-refractivity contribution is 7.09. The summed E-state index contributed by atoms with van der Waals surface area (Å²) in [5.41, 5.74) is 0. The molecule has 1 aliphatic carbocycles. The molecule has 1 aliphatic rings. The first-order valence-corrected chi connectivity index (χ1v) is 7.50. The normalized spacial score (nSPS) is 25.2. The van der Waals surface area contributed by atoms with E-state index in [2.05, 4.69) is 35.4 Å². The molecular weight excluding hydrogens is 230 g/mol. The van der Waals surface area contributed by atoms with Crippen molar-refractivity contribution in [2.75, 3.05) is 11.9 Å². The van der Waals surface area contributed by atoms with Crippen molar-refractivity contribution in [3.05, 3.63) is 5.82 Å². The van der Waals surface area contributed by atoms with Crippen LogP contribution in [0.5, 0.6) is 0 Å². The van der Waals surface area contributed by atoms with E-state index in [1.54, 1.807) is 0 Å². The number of rotatable bonds is 4. The predicted octanol–water partition coefficient (Wildman–Crippen LogP) is 3.90. The zero-order valence-corrected chi connectivity index (χ0v) is 11.9. The molecular formula is C13H23N3S. The van der Waals surface area contributed by atoms with Crippen LogP contribution in [-0.2, 0) is 0 Å². The van der Waals surface area contributed by atoms with Gasteiger partial charge in [0.1, 0.15) is 5.82 Å². The van der Waals surface area contributed by atoms with Gasteiger partial charge in [0.15, 0.2) is 0 Å². The van der Waals surface area contributed by atoms with E-state index in [4.69, 9.17) is 0 Å². The SMILES string of the molecule is CC1CCCC(CNc2nc(C(C)C)ns2)C1. The van der Waals surface area contributed by atoms with Gasteiger partial charge in [-0.25, -0.2) is 4.98 Å². The zero-order chi connectivity index (χ0) is 12.3. The Morgan fingerprint density at radius 3 is 2.88 bits per heavy atom. The molecule has 2 rings (SSSR count). The molecule has 2 atom stereocenters. The molecule has 1 aromatic rings. The Balaban J connectivity index is 1.80. The van der Waals surface area contributed by atoms with Crippen LogP contribution in [0.3, 0.4) is 0 Å². The van der Waals surface area contributed by atoms with Gasteiger partial charge >= 0.3 is 0 Å². The summed E-state index contributed by atoms with van der Waals surface area (Å²) in [5, 5.41) is 4.45. The highest BCUT2D eigenvalue weighted by atomic mass is 32.1. The van der Waals surface area contributed by atoms with Crippen molar-refractivity contribution in [3.8, 4) is 0 Å². The third-order valence-electron chi connectivity index (χ3n) is 3.55. The fourth-order valence-electron chi connectivity index (χ4n) is 2.52. The summed E-state index contributed by atoms with van der Waals surface area (Å²) in [5.74, 6) is 3.12. The van der Waals surface area contributed by atoms with Crippen molar-refractivity contribution in [1.29, 1.82) is 0 Å². The quantitative estimate of drug-likeness (QED) is 0.884. The zero-order valence-electron chi connectivity index (χ0n) is 11.1. The van der Waals surface area contributed by atoms with E-state index in [1.165, 1.54) is 37.2 Å². The van der Waals surface area contributed by atoms with Gasteiger partial charge in [-0.05, 0) is 24.7 Å². The second kappa shape index (κ2) is 5.80. The Bertz CT molecular complexity index is 348. The molecule has 0 saturated heterocycles. The average Bonchev–Trinajstić information content (AvgIpc) is 2.75. The van der Waals surface area contributed by atoms with Crippen molar-refractivity contribution in [1.82, 2.24) is 9.36 Å². The summed E-state index contributed by atoms with van der Waals surface area (Å²) in [4.78, 5) is 4.51. The first kappa shape index (κ1) is 12.8. The largest absolute Gasteiger partial charge is 0.360 e. The number of nitrogens with one attached hydrogen (secondary N) is 1. The number of aromatic nitrogens is 2. The third kappa shape index (κ3) is 3.66. The fourth-order valence-corrected chi connectivity index (χ4v) is 3.23. The Morgan fingerprint density at radius 1 is 1.41 bits per heavy atom. The van der Waals surface area contributed by atoms with E-state index in [0.717, 1.165) is 29.3 Å². The third-order valence-corrected chi connectivity index (χ3v) is 4.23. The molecule has 1 saturated carbocycles. The molecule has 0 amide bonds. The Kier molecular flexibility index (Phi) is 4.37. The maximum absolute atomic E-state index is 4.51. The molecule has 1 fully saturated rings. The molecule has 0 radical (unpaired) electrons. The smallest absolute Gasteiger partial charge is 0.202 e. The summed E-state index contributed by atoms with van der Waals surface area (Å²) in [6.07, 6.45) is 5.53. The van der Waals surface area contributed by atoms with Gasteiger partial charge in [-0.2, -0.15) is 4.37 Å². The van der Waals surface area contributed by atoms with Gasteiger partial charge in [0.2, 0.25) is 5.13 Å². The van der Waals surface area contributed by atoms with E-state index in [-0.39, 0.29) is 0 Å². The highest BCUT2D eigenvalue weighted by Crippen LogP contribution is 2.29. The number of anilines is 1. The van der Waals surface area contributed by atoms with Crippen LogP contribution in [0.2, 0.25) is 0 Å². The second-order valence-electron chi connectivity index (χ2n) is 5.63. The minimum Gasteiger partial charge on any atom is -0.360 e. The first-order chi connectivity index (χ1) is 8.15. The lowest BCUT2D eigenvalue weighted by Crippen LogP contribution is -2.20. The maximum Gasteiger partial charge on any atom is 0.202 e. The molecule has 1 N–H and O–H groups in total. The molecule has 1 heterocycles. The minimum absolute atomic E-state index is 0.427. The van der Waals surface area contributed by atoms with Crippen LogP contribution in [0.25, 0.3) is 0 Å². The van der Waals surface area contributed by atoms with Gasteiger partial charge < -0.3 is 5.32 Å². The topological polar surface area (TPSA) is 37.8 Å². The van der Waals surface area contributed by atoms with E-state index in [9.17, 15) is 0 Å². The van der Waals surface area contributed by atoms with Gasteiger partial charge in [-0.3, -0.25) is 0 Å². The lowest BCUT2D eigenvalue weighted by Gasteiger charge is -2.26. The Labute approximate surface area is 108 Å². The summed E-state index contributed by atoms with van der Waals surface area (Å²) < 4.78 is 4.36. The molecule has 0 bridgehead atoms. The first-order valence-electron chi connectivity index (χ1n) is 6.72. The molecule has 0 aromatic carbocycles. The van der Waals surface area contributed by atoms with Crippen molar-refractivity contribution in [2.24, 2.45) is 11.8 Å². The molecule has 4 heteroatoms. The summed E-state index contributed by atoms with van der Waals surface area (Å²) in [7, 11) is 0. The van der Waals surface area contributed by atoms with Crippen LogP contribution >= 0.6 is 11.5 Å². The fraction of sp³-hybridized carbons (Fsp3) is 0.846. The molecule has 96 valence electrons. The minimum atomic E-state index is 0.427. The molecule has 0 spiro atoms. The maximum atomic E-state index is 4.51. The van der Waals surface area contributed by atoms with E-state index in [0.29, 0.717) is 5.92 Å². The van der Waals surface area contributed by atoms with Gasteiger partial charge in [-0.15, -0.1) is 0 Å². The van der Waals surface area contributed by atoms with Gasteiger partial charge in [-0.1, -0.05) is 33.6 Å². The summed E-state index contributed by atoms with van der Waals surface area (Å²) >= 11 is 1.50. The Hall–Kier alpha value is -0.640. The van der Waals surface area contributed by atoms with Crippen LogP contribution < -0.4 is 5.32 Å². The van der Waals surface area contributed by atoms with Crippen molar-refractivity contribution in [2.45, 2.75) is 52.4 Å². The molecule has 0 aliphatic heterocycles. The monoisotopic (exact) mass is 253 g/mol. The lowest BCUT2D eigenvalue weighted by atomic mass is 9.82. The highest BCUT2D eigenvalue weighted by Gasteiger charge is 2.19. The molecule has 2 unspecified atom stereocenters. The van der Waals surface area contributed by atoms with Crippen LogP contribution in [0.15, 0.2) is 0 Å². The van der Waals surface area contributed by atoms with E-state index < -0.39 is 0 Å². The number of nitrogens with zero attached hydrogens (tertiary/aromatic N) is 2. The average molecular weight is 253 g/mol. The van der Waals surface area contributed by atoms with Gasteiger partial charge in [0.05, 0.1) is 0 Å². The molecule has 1 aromatic heterocycles. The summed E-state index contributed by atoms with van der Waals surface area (Å²) in [6, 6.07) is 0. The number of hydrogen-bond acceptors (Lipinski definition) is 4. The van der Waals surface area contributed by atoms with Crippen molar-refractivity contribution >= 4 is 16.7 Å². The van der Waals surface area contributed by atoms with Crippen LogP contribution in [-0.4, -0.2) is 15.9 Å². The second-order valence-corrected chi connectivity index (χ2v) is 6.38. The van der Waals surface area contributed by atoms with E-state index >= 15 is 0 Å². The van der Waals surface area contributed by atoms with Gasteiger partial charge in [0.25, 0.3) is 0 Å². The van der Waals surface area contributed by atoms with Crippen LogP contribution in [0, 0.1) is 11.8 Å². The van der Waals surface area contributed by atoms with E-state index in [1.807, 2.05) is 0 Å². The van der Waals surface area contributed by atoms with Crippen LogP contribution in [0.4, 0.5) is 5.13 Å².